The number of phenols is 1. The summed E-state index contributed by atoms with van der Waals surface area (Å²) in [6, 6.07) is 13.7. The lowest BCUT2D eigenvalue weighted by Crippen LogP contribution is -2.15. The molecule has 3 aromatic rings. The Morgan fingerprint density at radius 2 is 1.87 bits per heavy atom. The van der Waals surface area contributed by atoms with E-state index in [4.69, 9.17) is 0 Å². The predicted molar refractivity (Wildman–Crippen MR) is 84.3 cm³/mol. The molecule has 0 saturated heterocycles. The van der Waals surface area contributed by atoms with Crippen LogP contribution in [0.5, 0.6) is 5.75 Å². The van der Waals surface area contributed by atoms with Gasteiger partial charge in [0.05, 0.1) is 16.9 Å². The van der Waals surface area contributed by atoms with Crippen molar-refractivity contribution in [2.24, 2.45) is 0 Å². The molecule has 1 heterocycles. The van der Waals surface area contributed by atoms with Crippen LogP contribution in [0.1, 0.15) is 16.1 Å². The van der Waals surface area contributed by atoms with E-state index in [-0.39, 0.29) is 17.1 Å². The van der Waals surface area contributed by atoms with E-state index in [0.29, 0.717) is 17.2 Å². The van der Waals surface area contributed by atoms with Crippen LogP contribution in [0.25, 0.3) is 5.69 Å². The zero-order valence-corrected chi connectivity index (χ0v) is 12.3. The summed E-state index contributed by atoms with van der Waals surface area (Å²) in [6.07, 6.45) is 0. The van der Waals surface area contributed by atoms with Crippen molar-refractivity contribution in [3.8, 4) is 11.4 Å². The Hall–Kier alpha value is -3.15. The fourth-order valence-electron chi connectivity index (χ4n) is 2.22. The van der Waals surface area contributed by atoms with Crippen molar-refractivity contribution in [1.82, 2.24) is 9.78 Å². The van der Waals surface area contributed by atoms with Gasteiger partial charge in [0.1, 0.15) is 17.4 Å². The van der Waals surface area contributed by atoms with Gasteiger partial charge in [0.2, 0.25) is 0 Å². The summed E-state index contributed by atoms with van der Waals surface area (Å²) in [4.78, 5) is 12.3. The molecule has 0 aliphatic carbocycles. The number of para-hydroxylation sites is 1. The number of nitrogens with zero attached hydrogens (tertiary/aromatic N) is 2. The maximum absolute atomic E-state index is 13.1. The number of rotatable bonds is 3. The average Bonchev–Trinajstić information content (AvgIpc) is 2.89. The first-order chi connectivity index (χ1) is 11.0. The molecule has 1 amide bonds. The maximum atomic E-state index is 13.1. The minimum atomic E-state index is -0.452. The number of carbonyl (C=O) groups is 1. The third kappa shape index (κ3) is 3.06. The van der Waals surface area contributed by atoms with Gasteiger partial charge in [0, 0.05) is 6.07 Å². The number of anilines is 1. The molecule has 2 aromatic carbocycles. The number of nitrogens with one attached hydrogen (secondary N) is 1. The summed E-state index contributed by atoms with van der Waals surface area (Å²) in [5.41, 5.74) is 1.48. The van der Waals surface area contributed by atoms with Crippen LogP contribution >= 0.6 is 0 Å². The molecule has 116 valence electrons. The van der Waals surface area contributed by atoms with Crippen molar-refractivity contribution < 1.29 is 14.3 Å². The van der Waals surface area contributed by atoms with Crippen LogP contribution in [0, 0.1) is 12.7 Å². The summed E-state index contributed by atoms with van der Waals surface area (Å²) in [5, 5.41) is 16.8. The molecule has 23 heavy (non-hydrogen) atoms. The van der Waals surface area contributed by atoms with E-state index in [1.54, 1.807) is 37.3 Å². The van der Waals surface area contributed by atoms with Gasteiger partial charge in [0.25, 0.3) is 5.91 Å². The fraction of sp³-hybridized carbons (Fsp3) is 0.0588. The highest BCUT2D eigenvalue weighted by Crippen LogP contribution is 2.21. The fourth-order valence-corrected chi connectivity index (χ4v) is 2.22. The molecule has 0 spiro atoms. The van der Waals surface area contributed by atoms with Crippen molar-refractivity contribution in [2.75, 3.05) is 5.32 Å². The molecule has 1 aromatic heterocycles. The lowest BCUT2D eigenvalue weighted by Gasteiger charge is -2.09. The summed E-state index contributed by atoms with van der Waals surface area (Å²) in [7, 11) is 0. The number of amides is 1. The summed E-state index contributed by atoms with van der Waals surface area (Å²) in [6.45, 7) is 1.79. The molecule has 0 atom stereocenters. The van der Waals surface area contributed by atoms with Crippen LogP contribution in [0.2, 0.25) is 0 Å². The molecule has 2 N–H and O–H groups in total. The Morgan fingerprint density at radius 1 is 1.17 bits per heavy atom. The first kappa shape index (κ1) is 14.8. The molecule has 0 bridgehead atoms. The Kier molecular flexibility index (Phi) is 3.80. The van der Waals surface area contributed by atoms with Crippen molar-refractivity contribution in [1.29, 1.82) is 0 Å². The molecular weight excluding hydrogens is 297 g/mol. The van der Waals surface area contributed by atoms with E-state index >= 15 is 0 Å². The molecule has 5 nitrogen and oxygen atoms in total. The third-order valence-corrected chi connectivity index (χ3v) is 3.29. The van der Waals surface area contributed by atoms with Gasteiger partial charge in [-0.2, -0.15) is 5.10 Å². The standard InChI is InChI=1S/C17H14FN3O2/c1-11-10-16(19-17(23)14-4-2-3-5-15(14)22)21(20-11)13-8-6-12(18)7-9-13/h2-10,22H,1H3,(H,19,23). The molecular formula is C17H14FN3O2. The van der Waals surface area contributed by atoms with Crippen LogP contribution in [-0.4, -0.2) is 20.8 Å². The number of carbonyl (C=O) groups excluding carboxylic acids is 1. The number of hydrogen-bond donors (Lipinski definition) is 2. The monoisotopic (exact) mass is 311 g/mol. The summed E-state index contributed by atoms with van der Waals surface area (Å²) >= 11 is 0. The SMILES string of the molecule is Cc1cc(NC(=O)c2ccccc2O)n(-c2ccc(F)cc2)n1. The quantitative estimate of drug-likeness (QED) is 0.780. The van der Waals surface area contributed by atoms with Gasteiger partial charge in [-0.15, -0.1) is 0 Å². The lowest BCUT2D eigenvalue weighted by molar-refractivity contribution is 0.102. The van der Waals surface area contributed by atoms with Crippen molar-refractivity contribution >= 4 is 11.7 Å². The molecule has 0 radical (unpaired) electrons. The molecule has 0 fully saturated rings. The Bertz CT molecular complexity index is 857. The van der Waals surface area contributed by atoms with Crippen LogP contribution in [0.15, 0.2) is 54.6 Å². The van der Waals surface area contributed by atoms with Gasteiger partial charge < -0.3 is 10.4 Å². The van der Waals surface area contributed by atoms with E-state index in [1.165, 1.54) is 28.9 Å². The highest BCUT2D eigenvalue weighted by molar-refractivity contribution is 6.05. The van der Waals surface area contributed by atoms with E-state index in [2.05, 4.69) is 10.4 Å². The van der Waals surface area contributed by atoms with Gasteiger partial charge in [0.15, 0.2) is 0 Å². The zero-order chi connectivity index (χ0) is 16.4. The second-order valence-corrected chi connectivity index (χ2v) is 5.03. The minimum Gasteiger partial charge on any atom is -0.507 e. The summed E-state index contributed by atoms with van der Waals surface area (Å²) < 4.78 is 14.6. The average molecular weight is 311 g/mol. The van der Waals surface area contributed by atoms with Crippen LogP contribution in [0.3, 0.4) is 0 Å². The first-order valence-corrected chi connectivity index (χ1v) is 6.96. The number of aryl methyl sites for hydroxylation is 1. The van der Waals surface area contributed by atoms with Gasteiger partial charge >= 0.3 is 0 Å². The minimum absolute atomic E-state index is 0.102. The number of hydrogen-bond acceptors (Lipinski definition) is 3. The van der Waals surface area contributed by atoms with Crippen molar-refractivity contribution in [3.05, 3.63) is 71.7 Å². The Labute approximate surface area is 132 Å². The molecule has 3 rings (SSSR count). The number of aromatic hydroxyl groups is 1. The normalized spacial score (nSPS) is 10.5. The van der Waals surface area contributed by atoms with Crippen molar-refractivity contribution in [3.63, 3.8) is 0 Å². The maximum Gasteiger partial charge on any atom is 0.260 e. The van der Waals surface area contributed by atoms with E-state index in [0.717, 1.165) is 0 Å². The van der Waals surface area contributed by atoms with Gasteiger partial charge in [-0.1, -0.05) is 12.1 Å². The largest absolute Gasteiger partial charge is 0.507 e. The first-order valence-electron chi connectivity index (χ1n) is 6.96. The van der Waals surface area contributed by atoms with Crippen LogP contribution in [0.4, 0.5) is 10.2 Å². The van der Waals surface area contributed by atoms with Gasteiger partial charge in [-0.25, -0.2) is 9.07 Å². The van der Waals surface area contributed by atoms with Crippen LogP contribution < -0.4 is 5.32 Å². The highest BCUT2D eigenvalue weighted by Gasteiger charge is 2.14. The number of halogens is 1. The summed E-state index contributed by atoms with van der Waals surface area (Å²) in [5.74, 6) is -0.472. The smallest absolute Gasteiger partial charge is 0.260 e. The van der Waals surface area contributed by atoms with E-state index < -0.39 is 5.91 Å². The lowest BCUT2D eigenvalue weighted by atomic mass is 10.2. The van der Waals surface area contributed by atoms with Crippen LogP contribution in [-0.2, 0) is 0 Å². The van der Waals surface area contributed by atoms with Gasteiger partial charge in [-0.05, 0) is 43.3 Å². The van der Waals surface area contributed by atoms with E-state index in [1.807, 2.05) is 0 Å². The Morgan fingerprint density at radius 3 is 2.57 bits per heavy atom. The predicted octanol–water partition coefficient (Wildman–Crippen LogP) is 3.28. The zero-order valence-electron chi connectivity index (χ0n) is 12.3. The Balaban J connectivity index is 1.93. The van der Waals surface area contributed by atoms with Crippen molar-refractivity contribution in [2.45, 2.75) is 6.92 Å². The second kappa shape index (κ2) is 5.92. The highest BCUT2D eigenvalue weighted by atomic mass is 19.1. The molecule has 0 unspecified atom stereocenters. The molecule has 6 heteroatoms. The third-order valence-electron chi connectivity index (χ3n) is 3.29. The number of aromatic nitrogens is 2. The second-order valence-electron chi connectivity index (χ2n) is 5.03. The topological polar surface area (TPSA) is 67.2 Å². The molecule has 0 aliphatic heterocycles. The molecule has 0 saturated carbocycles. The van der Waals surface area contributed by atoms with E-state index in [9.17, 15) is 14.3 Å². The number of phenolic OH excluding ortho intramolecular Hbond substituents is 1. The molecule has 0 aliphatic rings. The van der Waals surface area contributed by atoms with Gasteiger partial charge in [-0.3, -0.25) is 4.79 Å². The number of benzene rings is 2.